The van der Waals surface area contributed by atoms with E-state index in [0.717, 1.165) is 5.56 Å². The molecular weight excluding hydrogens is 386 g/mol. The van der Waals surface area contributed by atoms with Crippen LogP contribution in [0, 0.1) is 0 Å². The van der Waals surface area contributed by atoms with Gasteiger partial charge in [-0.1, -0.05) is 60.7 Å². The number of carbonyl (C=O) groups excluding carboxylic acids is 1. The van der Waals surface area contributed by atoms with Gasteiger partial charge in [-0.15, -0.1) is 0 Å². The van der Waals surface area contributed by atoms with Crippen LogP contribution in [-0.4, -0.2) is 56.3 Å². The molecule has 1 amide bonds. The van der Waals surface area contributed by atoms with Crippen molar-refractivity contribution in [1.29, 1.82) is 0 Å². The van der Waals surface area contributed by atoms with Crippen LogP contribution in [-0.2, 0) is 14.8 Å². The monoisotopic (exact) mass is 414 g/mol. The molecule has 6 nitrogen and oxygen atoms in total. The molecule has 29 heavy (non-hydrogen) atoms. The number of nitrogens with zero attached hydrogens (tertiary/aromatic N) is 2. The van der Waals surface area contributed by atoms with E-state index in [1.165, 1.54) is 15.3 Å². The van der Waals surface area contributed by atoms with Crippen molar-refractivity contribution in [3.63, 3.8) is 0 Å². The summed E-state index contributed by atoms with van der Waals surface area (Å²) in [4.78, 5) is 14.3. The summed E-state index contributed by atoms with van der Waals surface area (Å²) in [5, 5.41) is 3.26. The zero-order valence-corrected chi connectivity index (χ0v) is 17.5. The third-order valence-electron chi connectivity index (χ3n) is 5.15. The van der Waals surface area contributed by atoms with E-state index in [9.17, 15) is 13.2 Å². The van der Waals surface area contributed by atoms with Gasteiger partial charge in [0.15, 0.2) is 6.54 Å². The lowest BCUT2D eigenvalue weighted by Crippen LogP contribution is -2.87. The van der Waals surface area contributed by atoms with Gasteiger partial charge in [0.05, 0.1) is 0 Å². The maximum absolute atomic E-state index is 12.5. The molecule has 1 atom stereocenters. The first-order chi connectivity index (χ1) is 14.0. The van der Waals surface area contributed by atoms with Gasteiger partial charge in [0.2, 0.25) is 10.0 Å². The Morgan fingerprint density at radius 1 is 1.00 bits per heavy atom. The van der Waals surface area contributed by atoms with Crippen LogP contribution in [0.5, 0.6) is 0 Å². The first-order valence-corrected chi connectivity index (χ1v) is 11.4. The zero-order chi connectivity index (χ0) is 20.7. The van der Waals surface area contributed by atoms with E-state index in [1.807, 2.05) is 53.8 Å². The lowest BCUT2D eigenvalue weighted by Gasteiger charge is -2.33. The second-order valence-electron chi connectivity index (χ2n) is 7.18. The Labute approximate surface area is 172 Å². The lowest BCUT2D eigenvalue weighted by atomic mass is 10.1. The normalized spacial score (nSPS) is 16.8. The molecule has 0 saturated carbocycles. The molecule has 1 heterocycles. The molecule has 0 bridgehead atoms. The predicted molar refractivity (Wildman–Crippen MR) is 114 cm³/mol. The average Bonchev–Trinajstić information content (AvgIpc) is 2.77. The van der Waals surface area contributed by atoms with Crippen LogP contribution in [0.4, 0.5) is 0 Å². The third kappa shape index (κ3) is 6.00. The van der Waals surface area contributed by atoms with Crippen LogP contribution in [0.3, 0.4) is 0 Å². The molecule has 1 aliphatic heterocycles. The molecule has 0 radical (unpaired) electrons. The van der Waals surface area contributed by atoms with E-state index in [2.05, 4.69) is 19.1 Å². The van der Waals surface area contributed by atoms with Crippen LogP contribution in [0.15, 0.2) is 66.1 Å². The van der Waals surface area contributed by atoms with E-state index in [4.69, 9.17) is 0 Å². The quantitative estimate of drug-likeness (QED) is 0.745. The number of sulfonamides is 1. The summed E-state index contributed by atoms with van der Waals surface area (Å²) >= 11 is 0. The maximum atomic E-state index is 12.5. The topological polar surface area (TPSA) is 74.3 Å². The van der Waals surface area contributed by atoms with E-state index >= 15 is 0 Å². The Bertz CT molecular complexity index is 922. The van der Waals surface area contributed by atoms with Gasteiger partial charge in [-0.3, -0.25) is 4.79 Å². The molecule has 2 N–H and O–H groups in total. The molecule has 154 valence electrons. The average molecular weight is 415 g/mol. The molecule has 1 saturated heterocycles. The summed E-state index contributed by atoms with van der Waals surface area (Å²) in [6.45, 7) is 3.92. The van der Waals surface area contributed by atoms with E-state index in [0.29, 0.717) is 32.7 Å². The van der Waals surface area contributed by atoms with Crippen molar-refractivity contribution < 1.29 is 18.5 Å². The van der Waals surface area contributed by atoms with Gasteiger partial charge in [-0.2, -0.15) is 4.31 Å². The number of amides is 1. The SMILES string of the molecule is C[C@H]([NH2+]CC(=O)N1CCN(S(=O)(=O)/C=C/c2ccccc2)CC1)c1ccccc1. The molecule has 0 aliphatic carbocycles. The number of piperazine rings is 1. The number of nitrogens with two attached hydrogens (primary N) is 1. The maximum Gasteiger partial charge on any atom is 0.277 e. The minimum atomic E-state index is -3.49. The molecule has 7 heteroatoms. The Hall–Kier alpha value is -2.48. The Morgan fingerprint density at radius 3 is 2.21 bits per heavy atom. The second kappa shape index (κ2) is 9.82. The van der Waals surface area contributed by atoms with Gasteiger partial charge in [0.25, 0.3) is 5.91 Å². The minimum absolute atomic E-state index is 0.0460. The highest BCUT2D eigenvalue weighted by Gasteiger charge is 2.28. The Balaban J connectivity index is 1.48. The van der Waals surface area contributed by atoms with E-state index < -0.39 is 10.0 Å². The molecular formula is C22H28N3O3S+. The minimum Gasteiger partial charge on any atom is -0.335 e. The molecule has 3 rings (SSSR count). The van der Waals surface area contributed by atoms with Crippen molar-refractivity contribution in [1.82, 2.24) is 9.21 Å². The first-order valence-electron chi connectivity index (χ1n) is 9.85. The zero-order valence-electron chi connectivity index (χ0n) is 16.6. The van der Waals surface area contributed by atoms with Gasteiger partial charge in [-0.25, -0.2) is 8.42 Å². The lowest BCUT2D eigenvalue weighted by molar-refractivity contribution is -0.683. The highest BCUT2D eigenvalue weighted by molar-refractivity contribution is 7.92. The van der Waals surface area contributed by atoms with Crippen LogP contribution in [0.25, 0.3) is 6.08 Å². The summed E-state index contributed by atoms with van der Waals surface area (Å²) in [5.41, 5.74) is 2.02. The van der Waals surface area contributed by atoms with Crippen molar-refractivity contribution >= 4 is 22.0 Å². The fraction of sp³-hybridized carbons (Fsp3) is 0.318. The molecule has 0 spiro atoms. The number of hydrogen-bond donors (Lipinski definition) is 1. The van der Waals surface area contributed by atoms with Crippen LogP contribution < -0.4 is 5.32 Å². The number of hydrogen-bond acceptors (Lipinski definition) is 3. The number of benzene rings is 2. The predicted octanol–water partition coefficient (Wildman–Crippen LogP) is 1.46. The Morgan fingerprint density at radius 2 is 1.59 bits per heavy atom. The summed E-state index contributed by atoms with van der Waals surface area (Å²) in [6.07, 6.45) is 1.60. The van der Waals surface area contributed by atoms with Gasteiger partial charge >= 0.3 is 0 Å². The molecule has 1 aliphatic rings. The smallest absolute Gasteiger partial charge is 0.277 e. The van der Waals surface area contributed by atoms with Gasteiger partial charge in [0.1, 0.15) is 6.04 Å². The first kappa shape index (κ1) is 21.2. The largest absolute Gasteiger partial charge is 0.335 e. The number of rotatable bonds is 7. The standard InChI is InChI=1S/C22H27N3O3S/c1-19(21-10-6-3-7-11-21)23-18-22(26)24-13-15-25(16-14-24)29(27,28)17-12-20-8-4-2-5-9-20/h2-12,17,19,23H,13-16,18H2,1H3/p+1/b17-12+/t19-/m0/s1. The summed E-state index contributed by atoms with van der Waals surface area (Å²) < 4.78 is 26.5. The van der Waals surface area contributed by atoms with Crippen molar-refractivity contribution in [3.8, 4) is 0 Å². The van der Waals surface area contributed by atoms with E-state index in [-0.39, 0.29) is 11.9 Å². The third-order valence-corrected chi connectivity index (χ3v) is 6.72. The van der Waals surface area contributed by atoms with Crippen molar-refractivity contribution in [2.45, 2.75) is 13.0 Å². The van der Waals surface area contributed by atoms with Gasteiger partial charge in [0, 0.05) is 37.2 Å². The Kier molecular flexibility index (Phi) is 7.19. The highest BCUT2D eigenvalue weighted by atomic mass is 32.2. The summed E-state index contributed by atoms with van der Waals surface area (Å²) in [6, 6.07) is 19.6. The van der Waals surface area contributed by atoms with Crippen LogP contribution >= 0.6 is 0 Å². The molecule has 0 aromatic heterocycles. The molecule has 1 fully saturated rings. The number of quaternary nitrogens is 1. The van der Waals surface area contributed by atoms with Gasteiger partial charge < -0.3 is 10.2 Å². The molecule has 2 aromatic carbocycles. The molecule has 0 unspecified atom stereocenters. The number of carbonyl (C=O) groups is 1. The van der Waals surface area contributed by atoms with Crippen molar-refractivity contribution in [3.05, 3.63) is 77.2 Å². The summed E-state index contributed by atoms with van der Waals surface area (Å²) in [7, 11) is -3.49. The van der Waals surface area contributed by atoms with Gasteiger partial charge in [-0.05, 0) is 18.6 Å². The summed E-state index contributed by atoms with van der Waals surface area (Å²) in [5.74, 6) is 0.0460. The van der Waals surface area contributed by atoms with Crippen molar-refractivity contribution in [2.75, 3.05) is 32.7 Å². The second-order valence-corrected chi connectivity index (χ2v) is 9.00. The molecule has 2 aromatic rings. The fourth-order valence-corrected chi connectivity index (χ4v) is 4.48. The highest BCUT2D eigenvalue weighted by Crippen LogP contribution is 2.12. The van der Waals surface area contributed by atoms with E-state index in [1.54, 1.807) is 11.0 Å². The fourth-order valence-electron chi connectivity index (χ4n) is 3.31. The van der Waals surface area contributed by atoms with Crippen molar-refractivity contribution in [2.24, 2.45) is 0 Å². The van der Waals surface area contributed by atoms with Crippen LogP contribution in [0.2, 0.25) is 0 Å². The van der Waals surface area contributed by atoms with Crippen LogP contribution in [0.1, 0.15) is 24.1 Å².